The van der Waals surface area contributed by atoms with Crippen molar-refractivity contribution in [3.63, 3.8) is 0 Å². The lowest BCUT2D eigenvalue weighted by atomic mass is 10.1. The van der Waals surface area contributed by atoms with Crippen molar-refractivity contribution >= 4 is 5.88 Å². The highest BCUT2D eigenvalue weighted by Gasteiger charge is 2.13. The van der Waals surface area contributed by atoms with Crippen molar-refractivity contribution in [2.45, 2.75) is 13.0 Å². The number of hydrogen-bond acceptors (Lipinski definition) is 8. The van der Waals surface area contributed by atoms with Gasteiger partial charge >= 0.3 is 0 Å². The van der Waals surface area contributed by atoms with E-state index in [1.807, 2.05) is 24.3 Å². The highest BCUT2D eigenvalue weighted by molar-refractivity contribution is 5.46. The van der Waals surface area contributed by atoms with Crippen LogP contribution >= 0.6 is 0 Å². The van der Waals surface area contributed by atoms with Gasteiger partial charge in [-0.05, 0) is 48.4 Å². The van der Waals surface area contributed by atoms with Crippen molar-refractivity contribution in [2.24, 2.45) is 0 Å². The van der Waals surface area contributed by atoms with Crippen LogP contribution in [0.4, 0.5) is 5.88 Å². The van der Waals surface area contributed by atoms with Crippen LogP contribution in [0, 0.1) is 11.3 Å². The molecule has 0 bridgehead atoms. The molecule has 1 heterocycles. The summed E-state index contributed by atoms with van der Waals surface area (Å²) in [5.74, 6) is 3.38. The van der Waals surface area contributed by atoms with Gasteiger partial charge in [0.2, 0.25) is 17.5 Å². The smallest absolute Gasteiger partial charge is 0.236 e. The maximum atomic E-state index is 9.32. The summed E-state index contributed by atoms with van der Waals surface area (Å²) in [5, 5.41) is 12.4. The molecule has 0 aliphatic carbocycles. The molecule has 0 saturated carbocycles. The summed E-state index contributed by atoms with van der Waals surface area (Å²) in [6, 6.07) is 14.9. The van der Waals surface area contributed by atoms with Crippen LogP contribution in [0.5, 0.6) is 23.0 Å². The molecule has 0 aliphatic rings. The molecule has 1 aromatic heterocycles. The van der Waals surface area contributed by atoms with Crippen molar-refractivity contribution in [2.75, 3.05) is 33.2 Å². The van der Waals surface area contributed by atoms with E-state index in [0.717, 1.165) is 11.3 Å². The number of hydrogen-bond donors (Lipinski definition) is 1. The van der Waals surface area contributed by atoms with Gasteiger partial charge in [-0.25, -0.2) is 0 Å². The monoisotopic (exact) mass is 409 g/mol. The summed E-state index contributed by atoms with van der Waals surface area (Å²) in [5.41, 5.74) is 1.25. The Balaban J connectivity index is 1.57. The molecule has 0 unspecified atom stereocenters. The molecule has 3 aromatic rings. The Morgan fingerprint density at radius 1 is 0.967 bits per heavy atom. The minimum absolute atomic E-state index is 0.109. The standard InChI is InChI=1S/C22H23N3O5/c1-26-16-5-7-17(8-6-16)29-14-21-25-18(13-23)22(30-21)24-11-10-15-4-9-19(27-2)20(12-15)28-3/h4-9,12,24H,10-11,14H2,1-3H3. The van der Waals surface area contributed by atoms with E-state index in [2.05, 4.69) is 10.3 Å². The van der Waals surface area contributed by atoms with Gasteiger partial charge in [0.1, 0.15) is 17.6 Å². The van der Waals surface area contributed by atoms with E-state index < -0.39 is 0 Å². The van der Waals surface area contributed by atoms with Crippen LogP contribution in [0.1, 0.15) is 17.1 Å². The summed E-state index contributed by atoms with van der Waals surface area (Å²) in [7, 11) is 4.80. The molecular weight excluding hydrogens is 386 g/mol. The van der Waals surface area contributed by atoms with E-state index >= 15 is 0 Å². The van der Waals surface area contributed by atoms with E-state index in [1.165, 1.54) is 0 Å². The molecule has 0 saturated heterocycles. The molecular formula is C22H23N3O5. The lowest BCUT2D eigenvalue weighted by Gasteiger charge is -2.09. The van der Waals surface area contributed by atoms with Crippen LogP contribution in [0.15, 0.2) is 46.9 Å². The van der Waals surface area contributed by atoms with Crippen LogP contribution in [0.25, 0.3) is 0 Å². The van der Waals surface area contributed by atoms with Crippen molar-refractivity contribution in [1.29, 1.82) is 5.26 Å². The average Bonchev–Trinajstić information content (AvgIpc) is 3.20. The zero-order valence-electron chi connectivity index (χ0n) is 17.1. The Bertz CT molecular complexity index is 1010. The number of nitrogens with one attached hydrogen (secondary N) is 1. The zero-order valence-corrected chi connectivity index (χ0v) is 17.1. The highest BCUT2D eigenvalue weighted by atomic mass is 16.5. The molecule has 0 amide bonds. The molecule has 8 heteroatoms. The van der Waals surface area contributed by atoms with Crippen molar-refractivity contribution in [3.8, 4) is 29.1 Å². The van der Waals surface area contributed by atoms with Gasteiger partial charge in [-0.1, -0.05) is 6.07 Å². The molecule has 156 valence electrons. The summed E-state index contributed by atoms with van der Waals surface area (Å²) < 4.78 is 27.0. The van der Waals surface area contributed by atoms with E-state index in [1.54, 1.807) is 45.6 Å². The predicted molar refractivity (Wildman–Crippen MR) is 110 cm³/mol. The maximum Gasteiger partial charge on any atom is 0.236 e. The molecule has 0 radical (unpaired) electrons. The van der Waals surface area contributed by atoms with Gasteiger partial charge in [-0.15, -0.1) is 0 Å². The second-order valence-corrected chi connectivity index (χ2v) is 6.23. The maximum absolute atomic E-state index is 9.32. The van der Waals surface area contributed by atoms with Gasteiger partial charge in [0.25, 0.3) is 0 Å². The predicted octanol–water partition coefficient (Wildman–Crippen LogP) is 3.81. The van der Waals surface area contributed by atoms with Gasteiger partial charge in [0, 0.05) is 6.54 Å². The lowest BCUT2D eigenvalue weighted by Crippen LogP contribution is -2.05. The molecule has 8 nitrogen and oxygen atoms in total. The van der Waals surface area contributed by atoms with Crippen molar-refractivity contribution in [1.82, 2.24) is 4.98 Å². The second kappa shape index (κ2) is 10.1. The van der Waals surface area contributed by atoms with Gasteiger partial charge in [0.05, 0.1) is 21.3 Å². The Kier molecular flexibility index (Phi) is 7.00. The van der Waals surface area contributed by atoms with Crippen LogP contribution < -0.4 is 24.3 Å². The topological polar surface area (TPSA) is 98.8 Å². The van der Waals surface area contributed by atoms with Crippen molar-refractivity contribution in [3.05, 3.63) is 59.6 Å². The minimum Gasteiger partial charge on any atom is -0.497 e. The van der Waals surface area contributed by atoms with Crippen LogP contribution in [0.2, 0.25) is 0 Å². The molecule has 0 atom stereocenters. The summed E-state index contributed by atoms with van der Waals surface area (Å²) in [6.45, 7) is 0.663. The quantitative estimate of drug-likeness (QED) is 0.540. The number of aromatic nitrogens is 1. The molecule has 30 heavy (non-hydrogen) atoms. The Hall–Kier alpha value is -3.86. The van der Waals surface area contributed by atoms with Crippen LogP contribution in [0.3, 0.4) is 0 Å². The summed E-state index contributed by atoms with van der Waals surface area (Å²) in [6.07, 6.45) is 0.698. The number of benzene rings is 2. The van der Waals surface area contributed by atoms with E-state index in [0.29, 0.717) is 42.0 Å². The summed E-state index contributed by atoms with van der Waals surface area (Å²) >= 11 is 0. The largest absolute Gasteiger partial charge is 0.497 e. The Morgan fingerprint density at radius 2 is 1.70 bits per heavy atom. The molecule has 2 aromatic carbocycles. The number of nitriles is 1. The first-order valence-corrected chi connectivity index (χ1v) is 9.28. The number of nitrogens with zero attached hydrogens (tertiary/aromatic N) is 2. The highest BCUT2D eigenvalue weighted by Crippen LogP contribution is 2.28. The second-order valence-electron chi connectivity index (χ2n) is 6.23. The number of ether oxygens (including phenoxy) is 4. The number of rotatable bonds is 10. The first-order chi connectivity index (χ1) is 14.7. The number of oxazole rings is 1. The van der Waals surface area contributed by atoms with Gasteiger partial charge < -0.3 is 28.7 Å². The van der Waals surface area contributed by atoms with Crippen LogP contribution in [-0.4, -0.2) is 32.9 Å². The zero-order chi connectivity index (χ0) is 21.3. The molecule has 0 aliphatic heterocycles. The molecule has 0 fully saturated rings. The third-order valence-corrected chi connectivity index (χ3v) is 4.35. The minimum atomic E-state index is 0.109. The normalized spacial score (nSPS) is 10.2. The van der Waals surface area contributed by atoms with Gasteiger partial charge in [-0.3, -0.25) is 0 Å². The third kappa shape index (κ3) is 5.14. The third-order valence-electron chi connectivity index (χ3n) is 4.35. The molecule has 0 spiro atoms. The first kappa shape index (κ1) is 20.9. The van der Waals surface area contributed by atoms with E-state index in [4.69, 9.17) is 23.4 Å². The van der Waals surface area contributed by atoms with Gasteiger partial charge in [-0.2, -0.15) is 10.2 Å². The molecule has 3 rings (SSSR count). The number of methoxy groups -OCH3 is 3. The number of anilines is 1. The Labute approximate surface area is 175 Å². The average molecular weight is 409 g/mol. The first-order valence-electron chi connectivity index (χ1n) is 9.28. The van der Waals surface area contributed by atoms with E-state index in [-0.39, 0.29) is 12.3 Å². The fourth-order valence-corrected chi connectivity index (χ4v) is 2.80. The van der Waals surface area contributed by atoms with Crippen molar-refractivity contribution < 1.29 is 23.4 Å². The Morgan fingerprint density at radius 3 is 2.37 bits per heavy atom. The summed E-state index contributed by atoms with van der Waals surface area (Å²) in [4.78, 5) is 4.18. The SMILES string of the molecule is COc1ccc(OCc2nc(C#N)c(NCCc3ccc(OC)c(OC)c3)o2)cc1. The van der Waals surface area contributed by atoms with Gasteiger partial charge in [0.15, 0.2) is 18.1 Å². The lowest BCUT2D eigenvalue weighted by molar-refractivity contribution is 0.264. The fraction of sp³-hybridized carbons (Fsp3) is 0.273. The van der Waals surface area contributed by atoms with Crippen LogP contribution in [-0.2, 0) is 13.0 Å². The fourth-order valence-electron chi connectivity index (χ4n) is 2.80. The molecule has 1 N–H and O–H groups in total. The van der Waals surface area contributed by atoms with E-state index in [9.17, 15) is 5.26 Å².